The van der Waals surface area contributed by atoms with Crippen molar-refractivity contribution in [2.45, 2.75) is 18.5 Å². The van der Waals surface area contributed by atoms with E-state index in [2.05, 4.69) is 33.5 Å². The summed E-state index contributed by atoms with van der Waals surface area (Å²) in [5.41, 5.74) is 2.10. The number of aromatic nitrogens is 5. The average Bonchev–Trinajstić information content (AvgIpc) is 3.03. The Kier molecular flexibility index (Phi) is 4.80. The second-order valence-corrected chi connectivity index (χ2v) is 6.14. The third-order valence-corrected chi connectivity index (χ3v) is 4.47. The summed E-state index contributed by atoms with van der Waals surface area (Å²) in [5.74, 6) is 1.45. The molecular weight excluding hydrogens is 294 g/mol. The van der Waals surface area contributed by atoms with Crippen LogP contribution in [0.5, 0.6) is 0 Å². The van der Waals surface area contributed by atoms with Crippen molar-refractivity contribution in [3.8, 4) is 5.69 Å². The molecule has 2 heterocycles. The minimum atomic E-state index is 0.501. The molecule has 0 aliphatic carbocycles. The molecule has 0 amide bonds. The fourth-order valence-electron chi connectivity index (χ4n) is 2.15. The predicted molar refractivity (Wildman–Crippen MR) is 87.0 cm³/mol. The Hall–Kier alpha value is -2.21. The third kappa shape index (κ3) is 3.71. The molecule has 0 N–H and O–H groups in total. The molecule has 22 heavy (non-hydrogen) atoms. The number of nitrogens with zero attached hydrogens (tertiary/aromatic N) is 5. The fraction of sp³-hybridized carbons (Fsp3) is 0.250. The number of rotatable bonds is 6. The van der Waals surface area contributed by atoms with Gasteiger partial charge in [-0.05, 0) is 47.0 Å². The monoisotopic (exact) mass is 311 g/mol. The maximum absolute atomic E-state index is 4.37. The zero-order valence-corrected chi connectivity index (χ0v) is 13.1. The summed E-state index contributed by atoms with van der Waals surface area (Å²) in [4.78, 5) is 4.37. The van der Waals surface area contributed by atoms with E-state index in [0.29, 0.717) is 5.92 Å². The Balaban J connectivity index is 1.62. The highest BCUT2D eigenvalue weighted by Crippen LogP contribution is 2.21. The van der Waals surface area contributed by atoms with Gasteiger partial charge in [-0.1, -0.05) is 43.0 Å². The number of thioether (sulfide) groups is 1. The molecule has 0 aliphatic heterocycles. The van der Waals surface area contributed by atoms with E-state index in [9.17, 15) is 0 Å². The van der Waals surface area contributed by atoms with Crippen LogP contribution in [-0.2, 0) is 6.42 Å². The summed E-state index contributed by atoms with van der Waals surface area (Å²) in [6.45, 7) is 2.22. The van der Waals surface area contributed by atoms with E-state index in [1.807, 2.05) is 48.7 Å². The molecule has 1 unspecified atom stereocenters. The number of tetrazole rings is 1. The van der Waals surface area contributed by atoms with Crippen LogP contribution in [0.1, 0.15) is 12.6 Å². The van der Waals surface area contributed by atoms with Crippen molar-refractivity contribution in [3.05, 3.63) is 60.4 Å². The van der Waals surface area contributed by atoms with Crippen molar-refractivity contribution in [1.29, 1.82) is 0 Å². The maximum atomic E-state index is 4.37. The van der Waals surface area contributed by atoms with Crippen LogP contribution in [0.4, 0.5) is 0 Å². The van der Waals surface area contributed by atoms with Crippen LogP contribution in [0.3, 0.4) is 0 Å². The summed E-state index contributed by atoms with van der Waals surface area (Å²) in [6, 6.07) is 16.0. The van der Waals surface area contributed by atoms with Crippen LogP contribution in [0, 0.1) is 5.92 Å². The molecular formula is C16H17N5S. The van der Waals surface area contributed by atoms with Gasteiger partial charge in [-0.3, -0.25) is 4.98 Å². The topological polar surface area (TPSA) is 56.5 Å². The maximum Gasteiger partial charge on any atom is 0.214 e. The van der Waals surface area contributed by atoms with E-state index in [1.54, 1.807) is 16.4 Å². The number of benzene rings is 1. The minimum Gasteiger partial charge on any atom is -0.261 e. The van der Waals surface area contributed by atoms with Gasteiger partial charge >= 0.3 is 0 Å². The lowest BCUT2D eigenvalue weighted by Crippen LogP contribution is -2.06. The highest BCUT2D eigenvalue weighted by atomic mass is 32.2. The lowest BCUT2D eigenvalue weighted by atomic mass is 10.1. The molecule has 0 radical (unpaired) electrons. The van der Waals surface area contributed by atoms with Gasteiger partial charge in [0, 0.05) is 17.6 Å². The highest BCUT2D eigenvalue weighted by molar-refractivity contribution is 7.99. The minimum absolute atomic E-state index is 0.501. The van der Waals surface area contributed by atoms with E-state index in [0.717, 1.165) is 28.7 Å². The van der Waals surface area contributed by atoms with Crippen molar-refractivity contribution in [2.75, 3.05) is 5.75 Å². The third-order valence-electron chi connectivity index (χ3n) is 3.22. The van der Waals surface area contributed by atoms with Crippen LogP contribution in [0.25, 0.3) is 5.69 Å². The summed E-state index contributed by atoms with van der Waals surface area (Å²) in [5, 5.41) is 12.8. The Labute approximate surface area is 133 Å². The summed E-state index contributed by atoms with van der Waals surface area (Å²) in [6.07, 6.45) is 2.80. The molecule has 6 heteroatoms. The molecule has 0 aliphatic rings. The Bertz CT molecular complexity index is 699. The number of hydrogen-bond acceptors (Lipinski definition) is 5. The van der Waals surface area contributed by atoms with Crippen molar-refractivity contribution in [2.24, 2.45) is 5.92 Å². The van der Waals surface area contributed by atoms with Gasteiger partial charge in [0.1, 0.15) is 0 Å². The molecule has 0 saturated carbocycles. The SMILES string of the molecule is CC(CSc1nnnn1-c1ccccc1)Cc1ccccn1. The second-order valence-electron chi connectivity index (χ2n) is 5.15. The zero-order chi connectivity index (χ0) is 15.2. The molecule has 0 fully saturated rings. The molecule has 112 valence electrons. The normalized spacial score (nSPS) is 12.2. The van der Waals surface area contributed by atoms with E-state index >= 15 is 0 Å². The smallest absolute Gasteiger partial charge is 0.214 e. The van der Waals surface area contributed by atoms with Crippen molar-refractivity contribution in [1.82, 2.24) is 25.2 Å². The highest BCUT2D eigenvalue weighted by Gasteiger charge is 2.11. The van der Waals surface area contributed by atoms with E-state index in [1.165, 1.54) is 0 Å². The van der Waals surface area contributed by atoms with Crippen molar-refractivity contribution < 1.29 is 0 Å². The van der Waals surface area contributed by atoms with Crippen molar-refractivity contribution >= 4 is 11.8 Å². The van der Waals surface area contributed by atoms with E-state index in [4.69, 9.17) is 0 Å². The molecule has 0 spiro atoms. The Morgan fingerprint density at radius 3 is 2.68 bits per heavy atom. The number of para-hydroxylation sites is 1. The predicted octanol–water partition coefficient (Wildman–Crippen LogP) is 3.03. The lowest BCUT2D eigenvalue weighted by molar-refractivity contribution is 0.644. The van der Waals surface area contributed by atoms with Gasteiger partial charge in [0.05, 0.1) is 5.69 Å². The molecule has 2 aromatic heterocycles. The standard InChI is InChI=1S/C16H17N5S/c1-13(11-14-7-5-6-10-17-14)12-22-16-18-19-20-21(16)15-8-3-2-4-9-15/h2-10,13H,11-12H2,1H3. The van der Waals surface area contributed by atoms with Crippen LogP contribution in [-0.4, -0.2) is 30.9 Å². The molecule has 1 atom stereocenters. The van der Waals surface area contributed by atoms with Crippen LogP contribution in [0.2, 0.25) is 0 Å². The Morgan fingerprint density at radius 1 is 1.09 bits per heavy atom. The molecule has 0 bridgehead atoms. The first-order valence-electron chi connectivity index (χ1n) is 7.19. The average molecular weight is 311 g/mol. The first-order chi connectivity index (χ1) is 10.8. The van der Waals surface area contributed by atoms with Gasteiger partial charge in [-0.15, -0.1) is 5.10 Å². The first kappa shape index (κ1) is 14.7. The largest absolute Gasteiger partial charge is 0.261 e. The van der Waals surface area contributed by atoms with E-state index in [-0.39, 0.29) is 0 Å². The summed E-state index contributed by atoms with van der Waals surface area (Å²) >= 11 is 1.67. The van der Waals surface area contributed by atoms with Gasteiger partial charge in [-0.2, -0.15) is 4.68 Å². The second kappa shape index (κ2) is 7.17. The summed E-state index contributed by atoms with van der Waals surface area (Å²) < 4.78 is 1.78. The van der Waals surface area contributed by atoms with Gasteiger partial charge < -0.3 is 0 Å². The lowest BCUT2D eigenvalue weighted by Gasteiger charge is -2.10. The zero-order valence-electron chi connectivity index (χ0n) is 12.3. The molecule has 0 saturated heterocycles. The number of hydrogen-bond donors (Lipinski definition) is 0. The Morgan fingerprint density at radius 2 is 1.91 bits per heavy atom. The van der Waals surface area contributed by atoms with Gasteiger partial charge in [0.25, 0.3) is 0 Å². The summed E-state index contributed by atoms with van der Waals surface area (Å²) in [7, 11) is 0. The molecule has 3 rings (SSSR count). The van der Waals surface area contributed by atoms with Crippen molar-refractivity contribution in [3.63, 3.8) is 0 Å². The van der Waals surface area contributed by atoms with E-state index < -0.39 is 0 Å². The molecule has 1 aromatic carbocycles. The fourth-order valence-corrected chi connectivity index (χ4v) is 3.06. The number of pyridine rings is 1. The molecule has 5 nitrogen and oxygen atoms in total. The van der Waals surface area contributed by atoms with Crippen LogP contribution >= 0.6 is 11.8 Å². The van der Waals surface area contributed by atoms with Gasteiger partial charge in [0.15, 0.2) is 0 Å². The first-order valence-corrected chi connectivity index (χ1v) is 8.18. The quantitative estimate of drug-likeness (QED) is 0.655. The van der Waals surface area contributed by atoms with Gasteiger partial charge in [-0.25, -0.2) is 0 Å². The molecule has 3 aromatic rings. The van der Waals surface area contributed by atoms with Crippen LogP contribution < -0.4 is 0 Å². The van der Waals surface area contributed by atoms with Crippen LogP contribution in [0.15, 0.2) is 59.9 Å². The van der Waals surface area contributed by atoms with Gasteiger partial charge in [0.2, 0.25) is 5.16 Å².